The van der Waals surface area contributed by atoms with Gasteiger partial charge in [0.15, 0.2) is 5.16 Å². The van der Waals surface area contributed by atoms with Crippen molar-refractivity contribution in [3.63, 3.8) is 0 Å². The lowest BCUT2D eigenvalue weighted by Crippen LogP contribution is -2.04. The zero-order valence-corrected chi connectivity index (χ0v) is 15.0. The summed E-state index contributed by atoms with van der Waals surface area (Å²) in [5.74, 6) is 1.57. The molecule has 1 heterocycles. The predicted octanol–water partition coefficient (Wildman–Crippen LogP) is 3.52. The number of methoxy groups -OCH3 is 2. The monoisotopic (exact) mass is 356 g/mol. The van der Waals surface area contributed by atoms with Crippen molar-refractivity contribution in [2.45, 2.75) is 11.7 Å². The van der Waals surface area contributed by atoms with E-state index in [4.69, 9.17) is 9.47 Å². The molecule has 0 spiro atoms. The van der Waals surface area contributed by atoms with Gasteiger partial charge >= 0.3 is 0 Å². The highest BCUT2D eigenvalue weighted by Crippen LogP contribution is 2.35. The molecule has 0 aliphatic carbocycles. The maximum absolute atomic E-state index is 9.43. The van der Waals surface area contributed by atoms with Crippen LogP contribution >= 0.6 is 12.6 Å². The first-order valence-electron chi connectivity index (χ1n) is 7.87. The van der Waals surface area contributed by atoms with Crippen molar-refractivity contribution >= 4 is 12.6 Å². The number of rotatable bonds is 6. The van der Waals surface area contributed by atoms with Crippen molar-refractivity contribution in [2.75, 3.05) is 20.8 Å². The summed E-state index contributed by atoms with van der Waals surface area (Å²) in [6.45, 7) is 0.429. The van der Waals surface area contributed by atoms with Crippen LogP contribution in [0.4, 0.5) is 0 Å². The third-order valence-corrected chi connectivity index (χ3v) is 4.34. The number of aromatic nitrogens is 2. The molecule has 130 valence electrons. The van der Waals surface area contributed by atoms with E-state index in [1.165, 1.54) is 0 Å². The molecule has 0 unspecified atom stereocenters. The third-order valence-electron chi connectivity index (χ3n) is 4.00. The van der Waals surface area contributed by atoms with Gasteiger partial charge in [-0.05, 0) is 48.5 Å². The third kappa shape index (κ3) is 3.50. The SMILES string of the molecule is COc1ccc(-c2nc(S)n(CCO)c2-c2ccc(OC)cc2)cc1. The van der Waals surface area contributed by atoms with Crippen LogP contribution < -0.4 is 9.47 Å². The van der Waals surface area contributed by atoms with Crippen LogP contribution in [0.15, 0.2) is 53.7 Å². The molecule has 0 bridgehead atoms. The molecule has 25 heavy (non-hydrogen) atoms. The molecule has 0 aliphatic heterocycles. The van der Waals surface area contributed by atoms with E-state index < -0.39 is 0 Å². The average molecular weight is 356 g/mol. The van der Waals surface area contributed by atoms with E-state index in [9.17, 15) is 5.11 Å². The Bertz CT molecular complexity index is 842. The Hall–Kier alpha value is -2.44. The van der Waals surface area contributed by atoms with E-state index >= 15 is 0 Å². The Kier molecular flexibility index (Phi) is 5.31. The number of aliphatic hydroxyl groups is 1. The number of thiol groups is 1. The highest BCUT2D eigenvalue weighted by atomic mass is 32.1. The zero-order chi connectivity index (χ0) is 17.8. The lowest BCUT2D eigenvalue weighted by atomic mass is 10.0. The summed E-state index contributed by atoms with van der Waals surface area (Å²) < 4.78 is 12.4. The summed E-state index contributed by atoms with van der Waals surface area (Å²) in [5.41, 5.74) is 3.66. The van der Waals surface area contributed by atoms with Gasteiger partial charge < -0.3 is 19.1 Å². The van der Waals surface area contributed by atoms with Gasteiger partial charge in [0.2, 0.25) is 0 Å². The second-order valence-electron chi connectivity index (χ2n) is 5.44. The average Bonchev–Trinajstić information content (AvgIpc) is 2.99. The van der Waals surface area contributed by atoms with E-state index in [-0.39, 0.29) is 6.61 Å². The van der Waals surface area contributed by atoms with Gasteiger partial charge in [0.1, 0.15) is 11.5 Å². The molecule has 3 rings (SSSR count). The Morgan fingerprint density at radius 3 is 1.92 bits per heavy atom. The van der Waals surface area contributed by atoms with Crippen molar-refractivity contribution in [2.24, 2.45) is 0 Å². The molecule has 0 saturated carbocycles. The minimum absolute atomic E-state index is 0.00905. The van der Waals surface area contributed by atoms with Crippen LogP contribution in [0.25, 0.3) is 22.5 Å². The molecule has 2 aromatic carbocycles. The number of nitrogens with zero attached hydrogens (tertiary/aromatic N) is 2. The molecule has 5 nitrogen and oxygen atoms in total. The largest absolute Gasteiger partial charge is 0.497 e. The fourth-order valence-corrected chi connectivity index (χ4v) is 3.04. The molecule has 1 N–H and O–H groups in total. The number of benzene rings is 2. The lowest BCUT2D eigenvalue weighted by molar-refractivity contribution is 0.272. The van der Waals surface area contributed by atoms with E-state index in [1.54, 1.807) is 14.2 Å². The van der Waals surface area contributed by atoms with Gasteiger partial charge in [-0.15, -0.1) is 12.6 Å². The molecule has 0 atom stereocenters. The van der Waals surface area contributed by atoms with Gasteiger partial charge in [0, 0.05) is 17.7 Å². The second kappa shape index (κ2) is 7.63. The first-order chi connectivity index (χ1) is 12.2. The van der Waals surface area contributed by atoms with E-state index in [0.29, 0.717) is 11.7 Å². The topological polar surface area (TPSA) is 56.5 Å². The summed E-state index contributed by atoms with van der Waals surface area (Å²) in [5, 5.41) is 9.99. The van der Waals surface area contributed by atoms with Gasteiger partial charge in [0.05, 0.1) is 32.2 Å². The van der Waals surface area contributed by atoms with Gasteiger partial charge in [-0.2, -0.15) is 0 Å². The van der Waals surface area contributed by atoms with Gasteiger partial charge in [-0.1, -0.05) is 0 Å². The number of aliphatic hydroxyl groups excluding tert-OH is 1. The maximum atomic E-state index is 9.43. The Morgan fingerprint density at radius 2 is 1.44 bits per heavy atom. The van der Waals surface area contributed by atoms with E-state index in [0.717, 1.165) is 34.0 Å². The van der Waals surface area contributed by atoms with Crippen molar-refractivity contribution in [1.82, 2.24) is 9.55 Å². The summed E-state index contributed by atoms with van der Waals surface area (Å²) in [7, 11) is 3.28. The molecule has 0 fully saturated rings. The van der Waals surface area contributed by atoms with Gasteiger partial charge in [-0.25, -0.2) is 4.98 Å². The van der Waals surface area contributed by atoms with Crippen LogP contribution in [-0.4, -0.2) is 35.5 Å². The minimum atomic E-state index is 0.00905. The molecular formula is C19H20N2O3S. The number of hydrogen-bond acceptors (Lipinski definition) is 5. The van der Waals surface area contributed by atoms with Crippen molar-refractivity contribution in [3.05, 3.63) is 48.5 Å². The molecule has 1 aromatic heterocycles. The van der Waals surface area contributed by atoms with Gasteiger partial charge in [0.25, 0.3) is 0 Å². The molecule has 0 radical (unpaired) electrons. The van der Waals surface area contributed by atoms with Crippen LogP contribution in [0.5, 0.6) is 11.5 Å². The molecule has 3 aromatic rings. The van der Waals surface area contributed by atoms with E-state index in [1.807, 2.05) is 53.1 Å². The summed E-state index contributed by atoms with van der Waals surface area (Å²) in [6, 6.07) is 15.5. The predicted molar refractivity (Wildman–Crippen MR) is 101 cm³/mol. The quantitative estimate of drug-likeness (QED) is 0.664. The number of hydrogen-bond donors (Lipinski definition) is 2. The van der Waals surface area contributed by atoms with Crippen LogP contribution in [0.2, 0.25) is 0 Å². The Morgan fingerprint density at radius 1 is 0.920 bits per heavy atom. The fourth-order valence-electron chi connectivity index (χ4n) is 2.74. The van der Waals surface area contributed by atoms with Crippen LogP contribution in [0.3, 0.4) is 0 Å². The summed E-state index contributed by atoms with van der Waals surface area (Å²) in [6.07, 6.45) is 0. The normalized spacial score (nSPS) is 10.7. The smallest absolute Gasteiger partial charge is 0.166 e. The number of imidazole rings is 1. The molecule has 6 heteroatoms. The fraction of sp³-hybridized carbons (Fsp3) is 0.211. The van der Waals surface area contributed by atoms with E-state index in [2.05, 4.69) is 17.6 Å². The minimum Gasteiger partial charge on any atom is -0.497 e. The Balaban J connectivity index is 2.15. The second-order valence-corrected chi connectivity index (χ2v) is 5.84. The van der Waals surface area contributed by atoms with Crippen molar-refractivity contribution in [3.8, 4) is 34.0 Å². The zero-order valence-electron chi connectivity index (χ0n) is 14.1. The standard InChI is InChI=1S/C19H20N2O3S/c1-23-15-7-3-13(4-8-15)17-18(21(11-12-22)19(25)20-17)14-5-9-16(24-2)10-6-14/h3-10,22H,11-12H2,1-2H3,(H,20,25). The molecule has 0 saturated heterocycles. The van der Waals surface area contributed by atoms with Crippen LogP contribution in [0.1, 0.15) is 0 Å². The first kappa shape index (κ1) is 17.4. The molecular weight excluding hydrogens is 336 g/mol. The highest BCUT2D eigenvalue weighted by molar-refractivity contribution is 7.80. The maximum Gasteiger partial charge on any atom is 0.166 e. The van der Waals surface area contributed by atoms with Crippen molar-refractivity contribution < 1.29 is 14.6 Å². The van der Waals surface area contributed by atoms with Crippen LogP contribution in [0, 0.1) is 0 Å². The number of ether oxygens (including phenoxy) is 2. The molecule has 0 aliphatic rings. The van der Waals surface area contributed by atoms with Crippen LogP contribution in [-0.2, 0) is 6.54 Å². The highest BCUT2D eigenvalue weighted by Gasteiger charge is 2.18. The molecule has 0 amide bonds. The first-order valence-corrected chi connectivity index (χ1v) is 8.32. The Labute approximate surface area is 152 Å². The summed E-state index contributed by atoms with van der Waals surface area (Å²) >= 11 is 4.49. The van der Waals surface area contributed by atoms with Gasteiger partial charge in [-0.3, -0.25) is 0 Å². The summed E-state index contributed by atoms with van der Waals surface area (Å²) in [4.78, 5) is 4.62. The lowest BCUT2D eigenvalue weighted by Gasteiger charge is -2.11. The van der Waals surface area contributed by atoms with Crippen molar-refractivity contribution in [1.29, 1.82) is 0 Å².